The number of piperidine rings is 1. The fourth-order valence-corrected chi connectivity index (χ4v) is 3.12. The molecule has 0 aromatic carbocycles. The summed E-state index contributed by atoms with van der Waals surface area (Å²) in [6.45, 7) is 1.04. The molecule has 2 fully saturated rings. The molecule has 0 N–H and O–H groups in total. The molecular formula is C13H23F2NO2. The Bertz CT molecular complexity index is 262. The maximum Gasteiger partial charge on any atom is 0.250 e. The molecule has 0 spiro atoms. The van der Waals surface area contributed by atoms with E-state index in [9.17, 15) is 8.78 Å². The van der Waals surface area contributed by atoms with Crippen molar-refractivity contribution < 1.29 is 18.3 Å². The van der Waals surface area contributed by atoms with Crippen LogP contribution in [0.1, 0.15) is 38.5 Å². The van der Waals surface area contributed by atoms with Crippen molar-refractivity contribution in [3.8, 4) is 0 Å². The molecule has 0 atom stereocenters. The lowest BCUT2D eigenvalue weighted by Crippen LogP contribution is -2.49. The molecule has 2 rings (SSSR count). The van der Waals surface area contributed by atoms with E-state index in [4.69, 9.17) is 9.47 Å². The third kappa shape index (κ3) is 3.00. The zero-order valence-electron chi connectivity index (χ0n) is 11.3. The number of hydrogen-bond donors (Lipinski definition) is 0. The number of alkyl halides is 2. The summed E-state index contributed by atoms with van der Waals surface area (Å²) < 4.78 is 37.1. The van der Waals surface area contributed by atoms with Gasteiger partial charge in [0.15, 0.2) is 5.79 Å². The maximum atomic E-state index is 13.1. The highest BCUT2D eigenvalue weighted by Gasteiger charge is 2.40. The third-order valence-electron chi connectivity index (χ3n) is 4.51. The number of rotatable bonds is 3. The van der Waals surface area contributed by atoms with Crippen LogP contribution in [0.25, 0.3) is 0 Å². The average molecular weight is 263 g/mol. The van der Waals surface area contributed by atoms with E-state index in [0.29, 0.717) is 19.1 Å². The summed E-state index contributed by atoms with van der Waals surface area (Å²) in [5.41, 5.74) is 0. The van der Waals surface area contributed by atoms with Crippen molar-refractivity contribution in [3.05, 3.63) is 0 Å². The van der Waals surface area contributed by atoms with Gasteiger partial charge >= 0.3 is 0 Å². The number of hydrogen-bond acceptors (Lipinski definition) is 3. The van der Waals surface area contributed by atoms with E-state index >= 15 is 0 Å². The molecule has 18 heavy (non-hydrogen) atoms. The van der Waals surface area contributed by atoms with E-state index in [0.717, 1.165) is 25.7 Å². The highest BCUT2D eigenvalue weighted by Crippen LogP contribution is 2.36. The number of halogens is 2. The van der Waals surface area contributed by atoms with Gasteiger partial charge in [-0.25, -0.2) is 8.78 Å². The minimum Gasteiger partial charge on any atom is -0.353 e. The van der Waals surface area contributed by atoms with Crippen LogP contribution in [0.5, 0.6) is 0 Å². The van der Waals surface area contributed by atoms with Crippen LogP contribution in [0, 0.1) is 0 Å². The fraction of sp³-hybridized carbons (Fsp3) is 1.00. The molecule has 0 bridgehead atoms. The lowest BCUT2D eigenvalue weighted by atomic mass is 9.88. The largest absolute Gasteiger partial charge is 0.353 e. The molecule has 0 amide bonds. The summed E-state index contributed by atoms with van der Waals surface area (Å²) in [7, 11) is 3.34. The smallest absolute Gasteiger partial charge is 0.250 e. The second kappa shape index (κ2) is 5.39. The van der Waals surface area contributed by atoms with Gasteiger partial charge in [0.25, 0.3) is 5.92 Å². The van der Waals surface area contributed by atoms with Crippen molar-refractivity contribution in [2.24, 2.45) is 0 Å². The zero-order chi connectivity index (χ0) is 13.2. The molecule has 3 nitrogen and oxygen atoms in total. The summed E-state index contributed by atoms with van der Waals surface area (Å²) in [5.74, 6) is -2.90. The zero-order valence-corrected chi connectivity index (χ0v) is 11.3. The molecule has 1 aliphatic carbocycles. The third-order valence-corrected chi connectivity index (χ3v) is 4.51. The lowest BCUT2D eigenvalue weighted by Gasteiger charge is -2.44. The van der Waals surface area contributed by atoms with E-state index < -0.39 is 11.7 Å². The first-order valence-electron chi connectivity index (χ1n) is 6.72. The normalized spacial score (nSPS) is 29.3. The Hall–Kier alpha value is -0.260. The van der Waals surface area contributed by atoms with Crippen molar-refractivity contribution in [1.29, 1.82) is 0 Å². The molecule has 106 valence electrons. The van der Waals surface area contributed by atoms with Crippen LogP contribution < -0.4 is 0 Å². The van der Waals surface area contributed by atoms with Crippen molar-refractivity contribution in [2.75, 3.05) is 27.3 Å². The summed E-state index contributed by atoms with van der Waals surface area (Å²) in [6.07, 6.45) is 3.63. The van der Waals surface area contributed by atoms with Gasteiger partial charge in [-0.2, -0.15) is 0 Å². The second-order valence-electron chi connectivity index (χ2n) is 5.44. The fourth-order valence-electron chi connectivity index (χ4n) is 3.12. The van der Waals surface area contributed by atoms with Gasteiger partial charge in [-0.3, -0.25) is 4.90 Å². The van der Waals surface area contributed by atoms with Gasteiger partial charge < -0.3 is 9.47 Å². The quantitative estimate of drug-likeness (QED) is 0.731. The van der Waals surface area contributed by atoms with Crippen molar-refractivity contribution in [3.63, 3.8) is 0 Å². The van der Waals surface area contributed by atoms with Gasteiger partial charge in [0, 0.05) is 59.0 Å². The van der Waals surface area contributed by atoms with E-state index in [1.165, 1.54) is 0 Å². The van der Waals surface area contributed by atoms with E-state index in [2.05, 4.69) is 4.90 Å². The highest BCUT2D eigenvalue weighted by molar-refractivity contribution is 4.88. The number of ether oxygens (including phenoxy) is 2. The van der Waals surface area contributed by atoms with Gasteiger partial charge in [0.1, 0.15) is 0 Å². The van der Waals surface area contributed by atoms with Crippen molar-refractivity contribution in [2.45, 2.75) is 56.3 Å². The first kappa shape index (κ1) is 14.2. The number of likely N-dealkylation sites (tertiary alicyclic amines) is 1. The Morgan fingerprint density at radius 1 is 0.944 bits per heavy atom. The Morgan fingerprint density at radius 3 is 1.89 bits per heavy atom. The van der Waals surface area contributed by atoms with E-state index in [-0.39, 0.29) is 12.8 Å². The van der Waals surface area contributed by atoms with Gasteiger partial charge in [-0.05, 0) is 12.8 Å². The molecule has 0 unspecified atom stereocenters. The topological polar surface area (TPSA) is 21.7 Å². The summed E-state index contributed by atoms with van der Waals surface area (Å²) in [6, 6.07) is 0.416. The average Bonchev–Trinajstić information content (AvgIpc) is 2.39. The first-order valence-corrected chi connectivity index (χ1v) is 6.72. The van der Waals surface area contributed by atoms with Crippen molar-refractivity contribution >= 4 is 0 Å². The van der Waals surface area contributed by atoms with Crippen molar-refractivity contribution in [1.82, 2.24) is 4.90 Å². The van der Waals surface area contributed by atoms with Crippen LogP contribution in [-0.2, 0) is 9.47 Å². The van der Waals surface area contributed by atoms with Crippen LogP contribution in [-0.4, -0.2) is 50.0 Å². The van der Waals surface area contributed by atoms with Gasteiger partial charge in [0.2, 0.25) is 0 Å². The molecule has 1 heterocycles. The second-order valence-corrected chi connectivity index (χ2v) is 5.44. The van der Waals surface area contributed by atoms with E-state index in [1.807, 2.05) is 0 Å². The minimum absolute atomic E-state index is 0.00317. The van der Waals surface area contributed by atoms with E-state index in [1.54, 1.807) is 14.2 Å². The molecule has 0 aromatic heterocycles. The predicted octanol–water partition coefficient (Wildman–Crippen LogP) is 2.65. The molecule has 0 radical (unpaired) electrons. The molecule has 5 heteroatoms. The minimum atomic E-state index is -2.45. The number of nitrogens with zero attached hydrogens (tertiary/aromatic N) is 1. The summed E-state index contributed by atoms with van der Waals surface area (Å²) in [4.78, 5) is 2.21. The molecule has 2 aliphatic rings. The predicted molar refractivity (Wildman–Crippen MR) is 64.8 cm³/mol. The number of methoxy groups -OCH3 is 2. The van der Waals surface area contributed by atoms with Crippen LogP contribution in [0.4, 0.5) is 8.78 Å². The molecule has 1 saturated heterocycles. The molecular weight excluding hydrogens is 240 g/mol. The van der Waals surface area contributed by atoms with Gasteiger partial charge in [0.05, 0.1) is 0 Å². The Balaban J connectivity index is 1.83. The Morgan fingerprint density at radius 2 is 1.44 bits per heavy atom. The molecule has 1 saturated carbocycles. The Labute approximate surface area is 107 Å². The molecule has 1 aliphatic heterocycles. The highest BCUT2D eigenvalue weighted by atomic mass is 19.3. The lowest BCUT2D eigenvalue weighted by molar-refractivity contribution is -0.229. The first-order chi connectivity index (χ1) is 8.50. The van der Waals surface area contributed by atoms with Crippen LogP contribution >= 0.6 is 0 Å². The Kier molecular flexibility index (Phi) is 4.24. The SMILES string of the molecule is COC1(OC)CCC(N2CCC(F)(F)CC2)CC1. The van der Waals surface area contributed by atoms with Crippen LogP contribution in [0.3, 0.4) is 0 Å². The summed E-state index contributed by atoms with van der Waals surface area (Å²) in [5, 5.41) is 0. The standard InChI is InChI=1S/C13H23F2NO2/c1-17-13(18-2)5-3-11(4-6-13)16-9-7-12(14,15)8-10-16/h11H,3-10H2,1-2H3. The van der Waals surface area contributed by atoms with Gasteiger partial charge in [-0.1, -0.05) is 0 Å². The van der Waals surface area contributed by atoms with Crippen LogP contribution in [0.2, 0.25) is 0 Å². The monoisotopic (exact) mass is 263 g/mol. The summed E-state index contributed by atoms with van der Waals surface area (Å²) >= 11 is 0. The van der Waals surface area contributed by atoms with Crippen LogP contribution in [0.15, 0.2) is 0 Å². The van der Waals surface area contributed by atoms with Gasteiger partial charge in [-0.15, -0.1) is 0 Å². The maximum absolute atomic E-state index is 13.1. The molecule has 0 aromatic rings.